The normalized spacial score (nSPS) is 11.5. The molecular formula is C20H19F3N2O2S. The highest BCUT2D eigenvalue weighted by molar-refractivity contribution is 7.80. The van der Waals surface area contributed by atoms with E-state index in [9.17, 15) is 13.2 Å². The van der Waals surface area contributed by atoms with E-state index in [1.54, 1.807) is 0 Å². The molecule has 8 heteroatoms. The summed E-state index contributed by atoms with van der Waals surface area (Å²) in [6, 6.07) is 13.3. The van der Waals surface area contributed by atoms with Crippen LogP contribution in [-0.4, -0.2) is 23.4 Å². The molecule has 0 unspecified atom stereocenters. The van der Waals surface area contributed by atoms with E-state index >= 15 is 0 Å². The maximum atomic E-state index is 12.2. The molecule has 1 heterocycles. The van der Waals surface area contributed by atoms with Gasteiger partial charge in [0, 0.05) is 36.7 Å². The molecule has 3 rings (SSSR count). The minimum absolute atomic E-state index is 0.283. The number of anilines is 1. The molecule has 0 aliphatic heterocycles. The van der Waals surface area contributed by atoms with Gasteiger partial charge in [-0.05, 0) is 42.5 Å². The maximum Gasteiger partial charge on any atom is 0.573 e. The molecular weight excluding hydrogens is 389 g/mol. The van der Waals surface area contributed by atoms with Gasteiger partial charge in [-0.1, -0.05) is 25.1 Å². The molecule has 0 spiro atoms. The maximum absolute atomic E-state index is 12.2. The summed E-state index contributed by atoms with van der Waals surface area (Å²) in [6.07, 6.45) is -3.95. The number of ether oxygens (including phenoxy) is 1. The Bertz CT molecular complexity index is 968. The monoisotopic (exact) mass is 408 g/mol. The molecule has 0 bridgehead atoms. The molecule has 0 amide bonds. The number of fused-ring (bicyclic) bond motifs is 1. The molecule has 1 aromatic heterocycles. The number of hydrogen-bond acceptors (Lipinski definition) is 3. The summed E-state index contributed by atoms with van der Waals surface area (Å²) in [5.41, 5.74) is 2.47. The molecule has 0 saturated heterocycles. The van der Waals surface area contributed by atoms with E-state index in [2.05, 4.69) is 10.1 Å². The fraction of sp³-hybridized carbons (Fsp3) is 0.250. The van der Waals surface area contributed by atoms with Crippen LogP contribution in [0.5, 0.6) is 5.75 Å². The van der Waals surface area contributed by atoms with Gasteiger partial charge >= 0.3 is 6.36 Å². The number of benzene rings is 2. The molecule has 3 aromatic rings. The lowest BCUT2D eigenvalue weighted by molar-refractivity contribution is -0.274. The molecule has 0 aliphatic carbocycles. The van der Waals surface area contributed by atoms with Crippen LogP contribution in [0.3, 0.4) is 0 Å². The highest BCUT2D eigenvalue weighted by Crippen LogP contribution is 2.28. The predicted octanol–water partition coefficient (Wildman–Crippen LogP) is 5.72. The first-order chi connectivity index (χ1) is 13.3. The lowest BCUT2D eigenvalue weighted by Crippen LogP contribution is -2.30. The topological polar surface area (TPSA) is 37.6 Å². The van der Waals surface area contributed by atoms with Crippen LogP contribution in [0.1, 0.15) is 18.2 Å². The average molecular weight is 408 g/mol. The second kappa shape index (κ2) is 8.10. The number of halogens is 3. The predicted molar refractivity (Wildman–Crippen MR) is 106 cm³/mol. The Morgan fingerprint density at radius 3 is 2.46 bits per heavy atom. The smallest absolute Gasteiger partial charge is 0.461 e. The van der Waals surface area contributed by atoms with Crippen LogP contribution in [0.25, 0.3) is 11.0 Å². The van der Waals surface area contributed by atoms with E-state index in [4.69, 9.17) is 16.6 Å². The average Bonchev–Trinajstić information content (AvgIpc) is 3.00. The van der Waals surface area contributed by atoms with E-state index in [0.29, 0.717) is 17.3 Å². The SMILES string of the molecule is CCc1oc2ccccc2c1CN(C)C(=S)Nc1ccc(OC(F)(F)F)cc1. The van der Waals surface area contributed by atoms with Gasteiger partial charge in [0.2, 0.25) is 0 Å². The van der Waals surface area contributed by atoms with Gasteiger partial charge < -0.3 is 19.4 Å². The largest absolute Gasteiger partial charge is 0.573 e. The lowest BCUT2D eigenvalue weighted by atomic mass is 10.1. The molecule has 28 heavy (non-hydrogen) atoms. The van der Waals surface area contributed by atoms with Crippen LogP contribution in [0.2, 0.25) is 0 Å². The number of nitrogens with one attached hydrogen (secondary N) is 1. The molecule has 0 saturated carbocycles. The lowest BCUT2D eigenvalue weighted by Gasteiger charge is -2.21. The highest BCUT2D eigenvalue weighted by atomic mass is 32.1. The zero-order chi connectivity index (χ0) is 20.3. The van der Waals surface area contributed by atoms with Gasteiger partial charge in [-0.3, -0.25) is 0 Å². The standard InChI is InChI=1S/C20H19F3N2O2S/c1-3-17-16(15-6-4-5-7-18(15)26-17)12-25(2)19(28)24-13-8-10-14(11-9-13)27-20(21,22)23/h4-11H,3,12H2,1-2H3,(H,24,28). The zero-order valence-electron chi connectivity index (χ0n) is 15.3. The fourth-order valence-corrected chi connectivity index (χ4v) is 3.06. The van der Waals surface area contributed by atoms with Crippen LogP contribution >= 0.6 is 12.2 Å². The van der Waals surface area contributed by atoms with Crippen molar-refractivity contribution >= 4 is 34.0 Å². The third kappa shape index (κ3) is 4.75. The van der Waals surface area contributed by atoms with E-state index in [0.717, 1.165) is 28.7 Å². The molecule has 0 atom stereocenters. The minimum atomic E-state index is -4.71. The fourth-order valence-electron chi connectivity index (χ4n) is 2.88. The number of rotatable bonds is 5. The van der Waals surface area contributed by atoms with Crippen molar-refractivity contribution in [1.29, 1.82) is 0 Å². The molecule has 0 radical (unpaired) electrons. The van der Waals surface area contributed by atoms with Crippen LogP contribution in [0, 0.1) is 0 Å². The zero-order valence-corrected chi connectivity index (χ0v) is 16.2. The van der Waals surface area contributed by atoms with Gasteiger partial charge in [0.05, 0.1) is 0 Å². The van der Waals surface area contributed by atoms with Crippen molar-refractivity contribution in [3.63, 3.8) is 0 Å². The van der Waals surface area contributed by atoms with E-state index in [1.165, 1.54) is 24.3 Å². The summed E-state index contributed by atoms with van der Waals surface area (Å²) in [5.74, 6) is 0.624. The Labute approximate surface area is 165 Å². The summed E-state index contributed by atoms with van der Waals surface area (Å²) >= 11 is 5.43. The van der Waals surface area contributed by atoms with Crippen molar-refractivity contribution in [2.75, 3.05) is 12.4 Å². The van der Waals surface area contributed by atoms with Gasteiger partial charge in [-0.15, -0.1) is 13.2 Å². The first-order valence-corrected chi connectivity index (χ1v) is 9.05. The third-order valence-electron chi connectivity index (χ3n) is 4.18. The number of thiocarbonyl (C=S) groups is 1. The Balaban J connectivity index is 1.68. The third-order valence-corrected chi connectivity index (χ3v) is 4.60. The molecule has 0 fully saturated rings. The number of alkyl halides is 3. The van der Waals surface area contributed by atoms with Crippen molar-refractivity contribution in [2.45, 2.75) is 26.3 Å². The van der Waals surface area contributed by atoms with Crippen molar-refractivity contribution in [3.05, 3.63) is 59.9 Å². The second-order valence-electron chi connectivity index (χ2n) is 6.21. The molecule has 4 nitrogen and oxygen atoms in total. The van der Waals surface area contributed by atoms with Crippen molar-refractivity contribution in [1.82, 2.24) is 4.90 Å². The number of furan rings is 1. The van der Waals surface area contributed by atoms with Crippen molar-refractivity contribution in [2.24, 2.45) is 0 Å². The first kappa shape index (κ1) is 20.0. The van der Waals surface area contributed by atoms with Gasteiger partial charge in [0.15, 0.2) is 5.11 Å². The quantitative estimate of drug-likeness (QED) is 0.547. The van der Waals surface area contributed by atoms with Crippen LogP contribution in [-0.2, 0) is 13.0 Å². The van der Waals surface area contributed by atoms with Crippen LogP contribution in [0.4, 0.5) is 18.9 Å². The molecule has 0 aliphatic rings. The summed E-state index contributed by atoms with van der Waals surface area (Å²) in [5, 5.41) is 4.51. The molecule has 148 valence electrons. The molecule has 1 N–H and O–H groups in total. The number of aryl methyl sites for hydroxylation is 1. The van der Waals surface area contributed by atoms with E-state index in [-0.39, 0.29) is 5.75 Å². The number of para-hydroxylation sites is 1. The summed E-state index contributed by atoms with van der Waals surface area (Å²) in [6.45, 7) is 2.57. The van der Waals surface area contributed by atoms with Crippen LogP contribution < -0.4 is 10.1 Å². The van der Waals surface area contributed by atoms with Crippen molar-refractivity contribution in [3.8, 4) is 5.75 Å². The molecule has 2 aromatic carbocycles. The van der Waals surface area contributed by atoms with E-state index in [1.807, 2.05) is 43.1 Å². The van der Waals surface area contributed by atoms with Crippen molar-refractivity contribution < 1.29 is 22.3 Å². The Kier molecular flexibility index (Phi) is 5.79. The van der Waals surface area contributed by atoms with E-state index < -0.39 is 6.36 Å². The summed E-state index contributed by atoms with van der Waals surface area (Å²) < 4.78 is 46.5. The number of nitrogens with zero attached hydrogens (tertiary/aromatic N) is 1. The highest BCUT2D eigenvalue weighted by Gasteiger charge is 2.31. The van der Waals surface area contributed by atoms with Gasteiger partial charge in [0.1, 0.15) is 17.1 Å². The Hall–Kier alpha value is -2.74. The Morgan fingerprint density at radius 2 is 1.82 bits per heavy atom. The van der Waals surface area contributed by atoms with Crippen LogP contribution in [0.15, 0.2) is 52.9 Å². The first-order valence-electron chi connectivity index (χ1n) is 8.64. The van der Waals surface area contributed by atoms with Gasteiger partial charge in [-0.2, -0.15) is 0 Å². The summed E-state index contributed by atoms with van der Waals surface area (Å²) in [4.78, 5) is 1.85. The number of hydrogen-bond donors (Lipinski definition) is 1. The minimum Gasteiger partial charge on any atom is -0.461 e. The van der Waals surface area contributed by atoms with Gasteiger partial charge in [-0.25, -0.2) is 0 Å². The van der Waals surface area contributed by atoms with Gasteiger partial charge in [0.25, 0.3) is 0 Å². The second-order valence-corrected chi connectivity index (χ2v) is 6.60. The Morgan fingerprint density at radius 1 is 1.14 bits per heavy atom. The summed E-state index contributed by atoms with van der Waals surface area (Å²) in [7, 11) is 1.84.